The first-order valence-corrected chi connectivity index (χ1v) is 11.2. The fraction of sp³-hybridized carbons (Fsp3) is 0.864. The van der Waals surface area contributed by atoms with Crippen molar-refractivity contribution in [1.29, 1.82) is 0 Å². The number of nitrogens with zero attached hydrogens (tertiary/aromatic N) is 1. The predicted molar refractivity (Wildman–Crippen MR) is 118 cm³/mol. The molecule has 26 heavy (non-hydrogen) atoms. The van der Waals surface area contributed by atoms with Crippen molar-refractivity contribution in [3.8, 4) is 0 Å². The molecule has 0 fully saturated rings. The predicted octanol–water partition coefficient (Wildman–Crippen LogP) is 5.28. The lowest BCUT2D eigenvalue weighted by atomic mass is 10.1. The van der Waals surface area contributed by atoms with Crippen LogP contribution in [0.3, 0.4) is 0 Å². The van der Waals surface area contributed by atoms with E-state index in [9.17, 15) is 0 Å². The van der Waals surface area contributed by atoms with Gasteiger partial charge in [-0.25, -0.2) is 0 Å². The average Bonchev–Trinajstić information content (AvgIpc) is 2.62. The van der Waals surface area contributed by atoms with E-state index in [0.29, 0.717) is 0 Å². The molecular weight excluding hydrogens is 320 g/mol. The summed E-state index contributed by atoms with van der Waals surface area (Å²) in [5.74, 6) is 0.193. The van der Waals surface area contributed by atoms with Gasteiger partial charge in [0.1, 0.15) is 0 Å². The van der Waals surface area contributed by atoms with Gasteiger partial charge in [-0.2, -0.15) is 0 Å². The number of nitrogens with two attached hydrogens (primary N) is 2. The minimum atomic E-state index is 0.193. The lowest BCUT2D eigenvalue weighted by Crippen LogP contribution is -2.23. The molecule has 0 aliphatic heterocycles. The van der Waals surface area contributed by atoms with E-state index in [-0.39, 0.29) is 5.96 Å². The molecule has 5 N–H and O–H groups in total. The highest BCUT2D eigenvalue weighted by molar-refractivity contribution is 5.75. The van der Waals surface area contributed by atoms with E-state index in [1.54, 1.807) is 0 Å². The maximum absolute atomic E-state index is 5.28. The van der Waals surface area contributed by atoms with Gasteiger partial charge in [0.15, 0.2) is 5.96 Å². The van der Waals surface area contributed by atoms with Crippen LogP contribution in [0.15, 0.2) is 17.1 Å². The van der Waals surface area contributed by atoms with E-state index < -0.39 is 0 Å². The smallest absolute Gasteiger partial charge is 0.185 e. The maximum atomic E-state index is 5.28. The van der Waals surface area contributed by atoms with Gasteiger partial charge in [0.05, 0.1) is 0 Å². The van der Waals surface area contributed by atoms with Gasteiger partial charge in [0.2, 0.25) is 0 Å². The Morgan fingerprint density at radius 3 is 1.77 bits per heavy atom. The Morgan fingerprint density at radius 1 is 0.692 bits per heavy atom. The van der Waals surface area contributed by atoms with E-state index in [1.165, 1.54) is 89.9 Å². The van der Waals surface area contributed by atoms with E-state index in [0.717, 1.165) is 26.1 Å². The Morgan fingerprint density at radius 2 is 1.19 bits per heavy atom. The highest BCUT2D eigenvalue weighted by atomic mass is 15.0. The minimum Gasteiger partial charge on any atom is -0.370 e. The highest BCUT2D eigenvalue weighted by Gasteiger charge is 1.92. The largest absolute Gasteiger partial charge is 0.370 e. The van der Waals surface area contributed by atoms with Crippen LogP contribution in [0.25, 0.3) is 0 Å². The maximum Gasteiger partial charge on any atom is 0.185 e. The van der Waals surface area contributed by atoms with Gasteiger partial charge in [0, 0.05) is 6.54 Å². The third kappa shape index (κ3) is 23.0. The van der Waals surface area contributed by atoms with Crippen LogP contribution in [0, 0.1) is 0 Å². The van der Waals surface area contributed by atoms with Crippen LogP contribution in [-0.2, 0) is 0 Å². The zero-order valence-electron chi connectivity index (χ0n) is 17.5. The molecule has 0 rings (SSSR count). The van der Waals surface area contributed by atoms with Crippen molar-refractivity contribution >= 4 is 5.96 Å². The Bertz CT molecular complexity index is 322. The molecule has 4 heteroatoms. The molecule has 154 valence electrons. The number of nitrogens with one attached hydrogen (secondary N) is 1. The first-order chi connectivity index (χ1) is 12.8. The fourth-order valence-electron chi connectivity index (χ4n) is 3.03. The number of hydrogen-bond acceptors (Lipinski definition) is 2. The van der Waals surface area contributed by atoms with Crippen LogP contribution in [0.5, 0.6) is 0 Å². The second kappa shape index (κ2) is 22.0. The number of allylic oxidation sites excluding steroid dienone is 2. The minimum absolute atomic E-state index is 0.193. The molecule has 0 aliphatic carbocycles. The summed E-state index contributed by atoms with van der Waals surface area (Å²) in [6.45, 7) is 5.12. The highest BCUT2D eigenvalue weighted by Crippen LogP contribution is 2.09. The molecule has 0 atom stereocenters. The molecule has 0 aromatic heterocycles. The molecule has 0 saturated heterocycles. The normalized spacial score (nSPS) is 11.3. The third-order valence-corrected chi connectivity index (χ3v) is 4.67. The van der Waals surface area contributed by atoms with Crippen molar-refractivity contribution in [2.45, 2.75) is 103 Å². The molecule has 0 heterocycles. The summed E-state index contributed by atoms with van der Waals surface area (Å²) in [6.07, 6.45) is 24.9. The standard InChI is InChI=1S/C22H46N4/c1-2-3-4-5-6-7-8-9-10-11-12-13-14-15-16-17-19-25-20-18-21-26-22(23)24/h9-10,25H,2-8,11-21H2,1H3,(H4,23,24,26). The van der Waals surface area contributed by atoms with Gasteiger partial charge in [0.25, 0.3) is 0 Å². The Hall–Kier alpha value is -1.03. The van der Waals surface area contributed by atoms with Gasteiger partial charge in [-0.3, -0.25) is 4.99 Å². The number of rotatable bonds is 20. The molecule has 0 spiro atoms. The number of unbranched alkanes of at least 4 members (excludes halogenated alkanes) is 12. The van der Waals surface area contributed by atoms with Crippen LogP contribution < -0.4 is 16.8 Å². The van der Waals surface area contributed by atoms with Crippen molar-refractivity contribution in [2.24, 2.45) is 16.5 Å². The summed E-state index contributed by atoms with van der Waals surface area (Å²) in [5, 5.41) is 3.45. The topological polar surface area (TPSA) is 76.4 Å². The van der Waals surface area contributed by atoms with Crippen LogP contribution in [0.2, 0.25) is 0 Å². The third-order valence-electron chi connectivity index (χ3n) is 4.67. The zero-order chi connectivity index (χ0) is 19.1. The number of aliphatic imine (C=N–C) groups is 1. The lowest BCUT2D eigenvalue weighted by Gasteiger charge is -2.04. The summed E-state index contributed by atoms with van der Waals surface area (Å²) >= 11 is 0. The van der Waals surface area contributed by atoms with E-state index in [2.05, 4.69) is 29.4 Å². The van der Waals surface area contributed by atoms with Crippen LogP contribution in [0.1, 0.15) is 103 Å². The fourth-order valence-corrected chi connectivity index (χ4v) is 3.03. The SMILES string of the molecule is CCCCCCCCC=CCCCCCCCCNCCCN=C(N)N. The van der Waals surface area contributed by atoms with Crippen LogP contribution >= 0.6 is 0 Å². The first-order valence-electron chi connectivity index (χ1n) is 11.2. The quantitative estimate of drug-likeness (QED) is 0.119. The van der Waals surface area contributed by atoms with Crippen molar-refractivity contribution in [2.75, 3.05) is 19.6 Å². The van der Waals surface area contributed by atoms with Gasteiger partial charge >= 0.3 is 0 Å². The molecule has 0 unspecified atom stereocenters. The zero-order valence-corrected chi connectivity index (χ0v) is 17.5. The molecule has 0 amide bonds. The Kier molecular flexibility index (Phi) is 21.1. The Labute approximate surface area is 163 Å². The van der Waals surface area contributed by atoms with Gasteiger partial charge in [-0.1, -0.05) is 76.9 Å². The van der Waals surface area contributed by atoms with Gasteiger partial charge in [-0.15, -0.1) is 0 Å². The Balaban J connectivity index is 3.08. The van der Waals surface area contributed by atoms with E-state index in [1.807, 2.05) is 0 Å². The molecule has 0 aromatic carbocycles. The molecule has 0 radical (unpaired) electrons. The van der Waals surface area contributed by atoms with Gasteiger partial charge < -0.3 is 16.8 Å². The van der Waals surface area contributed by atoms with Crippen molar-refractivity contribution < 1.29 is 0 Å². The average molecular weight is 367 g/mol. The van der Waals surface area contributed by atoms with Crippen LogP contribution in [-0.4, -0.2) is 25.6 Å². The second-order valence-corrected chi connectivity index (χ2v) is 7.35. The monoisotopic (exact) mass is 366 g/mol. The summed E-state index contributed by atoms with van der Waals surface area (Å²) in [5.41, 5.74) is 10.6. The number of guanidine groups is 1. The van der Waals surface area contributed by atoms with Gasteiger partial charge in [-0.05, 0) is 51.6 Å². The molecule has 4 nitrogen and oxygen atoms in total. The summed E-state index contributed by atoms with van der Waals surface area (Å²) in [6, 6.07) is 0. The van der Waals surface area contributed by atoms with Crippen molar-refractivity contribution in [3.05, 3.63) is 12.2 Å². The van der Waals surface area contributed by atoms with E-state index in [4.69, 9.17) is 11.5 Å². The summed E-state index contributed by atoms with van der Waals surface area (Å²) < 4.78 is 0. The van der Waals surface area contributed by atoms with Crippen LogP contribution in [0.4, 0.5) is 0 Å². The molecule has 0 aromatic rings. The first kappa shape index (κ1) is 25.0. The molecular formula is C22H46N4. The van der Waals surface area contributed by atoms with E-state index >= 15 is 0 Å². The summed E-state index contributed by atoms with van der Waals surface area (Å²) in [7, 11) is 0. The molecule has 0 saturated carbocycles. The number of hydrogen-bond donors (Lipinski definition) is 3. The second-order valence-electron chi connectivity index (χ2n) is 7.35. The molecule has 0 aliphatic rings. The van der Waals surface area contributed by atoms with Crippen molar-refractivity contribution in [3.63, 3.8) is 0 Å². The summed E-state index contributed by atoms with van der Waals surface area (Å²) in [4.78, 5) is 3.97. The van der Waals surface area contributed by atoms with Crippen molar-refractivity contribution in [1.82, 2.24) is 5.32 Å². The molecule has 0 bridgehead atoms. The lowest BCUT2D eigenvalue weighted by molar-refractivity contribution is 0.562.